The van der Waals surface area contributed by atoms with Crippen molar-refractivity contribution in [2.75, 3.05) is 4.90 Å². The van der Waals surface area contributed by atoms with Gasteiger partial charge >= 0.3 is 0 Å². The highest BCUT2D eigenvalue weighted by Gasteiger charge is 2.23. The van der Waals surface area contributed by atoms with Gasteiger partial charge < -0.3 is 0 Å². The summed E-state index contributed by atoms with van der Waals surface area (Å²) in [6.07, 6.45) is 0.910. The van der Waals surface area contributed by atoms with E-state index in [2.05, 4.69) is 19.1 Å². The summed E-state index contributed by atoms with van der Waals surface area (Å²) in [5.41, 5.74) is 3.24. The van der Waals surface area contributed by atoms with Crippen molar-refractivity contribution in [1.29, 1.82) is 0 Å². The van der Waals surface area contributed by atoms with Crippen LogP contribution in [0.5, 0.6) is 0 Å². The summed E-state index contributed by atoms with van der Waals surface area (Å²) in [5, 5.41) is 0.712. The zero-order valence-corrected chi connectivity index (χ0v) is 17.1. The Balaban J connectivity index is 1.78. The number of carbonyl (C=O) groups excluding carboxylic acids is 1. The number of aryl methyl sites for hydroxylation is 1. The van der Waals surface area contributed by atoms with E-state index in [0.717, 1.165) is 22.2 Å². The quantitative estimate of drug-likeness (QED) is 0.379. The number of amides is 1. The van der Waals surface area contributed by atoms with Gasteiger partial charge in [-0.25, -0.2) is 4.98 Å². The van der Waals surface area contributed by atoms with E-state index < -0.39 is 0 Å². The summed E-state index contributed by atoms with van der Waals surface area (Å²) in [4.78, 5) is 20.4. The lowest BCUT2D eigenvalue weighted by molar-refractivity contribution is 0.0989. The lowest BCUT2D eigenvalue weighted by atomic mass is 10.1. The first-order chi connectivity index (χ1) is 13.2. The van der Waals surface area contributed by atoms with Crippen molar-refractivity contribution in [3.8, 4) is 0 Å². The molecular formula is C21H17ClN2OS2. The zero-order chi connectivity index (χ0) is 18.8. The molecule has 0 aliphatic carbocycles. The average Bonchev–Trinajstić information content (AvgIpc) is 3.32. The maximum atomic E-state index is 13.2. The van der Waals surface area contributed by atoms with E-state index in [1.165, 1.54) is 16.9 Å². The lowest BCUT2D eigenvalue weighted by Crippen LogP contribution is -2.29. The Bertz CT molecular complexity index is 1090. The van der Waals surface area contributed by atoms with Gasteiger partial charge in [-0.05, 0) is 35.7 Å². The van der Waals surface area contributed by atoms with Crippen molar-refractivity contribution in [3.05, 3.63) is 81.0 Å². The Hall–Kier alpha value is -2.21. The smallest absolute Gasteiger partial charge is 0.270 e. The number of para-hydroxylation sites is 1. The van der Waals surface area contributed by atoms with E-state index in [4.69, 9.17) is 16.6 Å². The number of hydrogen-bond donors (Lipinski definition) is 0. The number of aromatic nitrogens is 1. The predicted octanol–water partition coefficient (Wildman–Crippen LogP) is 6.42. The summed E-state index contributed by atoms with van der Waals surface area (Å²) in [6, 6.07) is 19.7. The van der Waals surface area contributed by atoms with E-state index in [0.29, 0.717) is 20.9 Å². The molecule has 0 aliphatic heterocycles. The third kappa shape index (κ3) is 3.76. The van der Waals surface area contributed by atoms with Crippen LogP contribution in [0.15, 0.2) is 60.7 Å². The second-order valence-electron chi connectivity index (χ2n) is 6.09. The number of anilines is 1. The Labute approximate surface area is 170 Å². The molecule has 4 aromatic rings. The molecule has 1 amide bonds. The molecule has 2 heterocycles. The van der Waals surface area contributed by atoms with Gasteiger partial charge in [0.15, 0.2) is 5.13 Å². The first-order valence-corrected chi connectivity index (χ1v) is 10.7. The molecule has 136 valence electrons. The molecule has 0 unspecified atom stereocenters. The minimum atomic E-state index is -0.0761. The van der Waals surface area contributed by atoms with Crippen LogP contribution in [0, 0.1) is 0 Å². The number of rotatable bonds is 5. The summed E-state index contributed by atoms with van der Waals surface area (Å²) in [6.45, 7) is 2.59. The molecule has 3 nitrogen and oxygen atoms in total. The Morgan fingerprint density at radius 3 is 2.56 bits per heavy atom. The van der Waals surface area contributed by atoms with Crippen LogP contribution in [0.1, 0.15) is 27.7 Å². The van der Waals surface area contributed by atoms with Crippen LogP contribution < -0.4 is 4.90 Å². The third-order valence-corrected chi connectivity index (χ3v) is 6.58. The second-order valence-corrected chi connectivity index (χ2v) is 8.82. The van der Waals surface area contributed by atoms with Gasteiger partial charge in [0.2, 0.25) is 0 Å². The largest absolute Gasteiger partial charge is 0.279 e. The van der Waals surface area contributed by atoms with Crippen molar-refractivity contribution >= 4 is 55.5 Å². The van der Waals surface area contributed by atoms with Crippen LogP contribution in [-0.4, -0.2) is 10.9 Å². The molecule has 6 heteroatoms. The molecule has 0 spiro atoms. The number of fused-ring (bicyclic) bond motifs is 1. The summed E-state index contributed by atoms with van der Waals surface area (Å²) >= 11 is 8.90. The SMILES string of the molecule is CCc1cccc2sc(N(Cc3ccccc3)C(=O)c3ccc(Cl)s3)nc12. The fourth-order valence-electron chi connectivity index (χ4n) is 2.95. The standard InChI is InChI=1S/C21H17ClN2OS2/c1-2-15-9-6-10-16-19(15)23-21(27-16)24(13-14-7-4-3-5-8-14)20(25)17-11-12-18(22)26-17/h3-12H,2,13H2,1H3. The number of benzene rings is 2. The lowest BCUT2D eigenvalue weighted by Gasteiger charge is -2.19. The van der Waals surface area contributed by atoms with Gasteiger partial charge in [0.25, 0.3) is 5.91 Å². The van der Waals surface area contributed by atoms with Crippen molar-refractivity contribution in [3.63, 3.8) is 0 Å². The Morgan fingerprint density at radius 1 is 1.04 bits per heavy atom. The molecule has 0 N–H and O–H groups in total. The minimum absolute atomic E-state index is 0.0761. The highest BCUT2D eigenvalue weighted by atomic mass is 35.5. The van der Waals surface area contributed by atoms with Crippen LogP contribution in [0.4, 0.5) is 5.13 Å². The van der Waals surface area contributed by atoms with Gasteiger partial charge in [-0.2, -0.15) is 0 Å². The zero-order valence-electron chi connectivity index (χ0n) is 14.7. The summed E-state index contributed by atoms with van der Waals surface area (Å²) in [5.74, 6) is -0.0761. The molecule has 0 bridgehead atoms. The average molecular weight is 413 g/mol. The van der Waals surface area contributed by atoms with Crippen LogP contribution in [0.3, 0.4) is 0 Å². The van der Waals surface area contributed by atoms with E-state index in [9.17, 15) is 4.79 Å². The van der Waals surface area contributed by atoms with E-state index in [1.54, 1.807) is 28.4 Å². The Morgan fingerprint density at radius 2 is 1.85 bits per heavy atom. The van der Waals surface area contributed by atoms with Gasteiger partial charge in [-0.1, -0.05) is 72.3 Å². The normalized spacial score (nSPS) is 11.0. The van der Waals surface area contributed by atoms with Gasteiger partial charge in [0.1, 0.15) is 0 Å². The fourth-order valence-corrected chi connectivity index (χ4v) is 4.95. The third-order valence-electron chi connectivity index (χ3n) is 4.32. The Kier molecular flexibility index (Phi) is 5.25. The molecule has 0 saturated carbocycles. The minimum Gasteiger partial charge on any atom is -0.279 e. The fraction of sp³-hybridized carbons (Fsp3) is 0.143. The highest BCUT2D eigenvalue weighted by Crippen LogP contribution is 2.34. The molecule has 27 heavy (non-hydrogen) atoms. The predicted molar refractivity (Wildman–Crippen MR) is 115 cm³/mol. The second kappa shape index (κ2) is 7.80. The molecular weight excluding hydrogens is 396 g/mol. The molecule has 2 aromatic heterocycles. The van der Waals surface area contributed by atoms with Gasteiger partial charge in [-0.3, -0.25) is 9.69 Å². The molecule has 2 aromatic carbocycles. The van der Waals surface area contributed by atoms with Crippen molar-refractivity contribution in [2.24, 2.45) is 0 Å². The number of hydrogen-bond acceptors (Lipinski definition) is 4. The van der Waals surface area contributed by atoms with E-state index in [-0.39, 0.29) is 5.91 Å². The monoisotopic (exact) mass is 412 g/mol. The molecule has 0 atom stereocenters. The number of nitrogens with zero attached hydrogens (tertiary/aromatic N) is 2. The van der Waals surface area contributed by atoms with Gasteiger partial charge in [0.05, 0.1) is 26.0 Å². The van der Waals surface area contributed by atoms with Crippen molar-refractivity contribution in [2.45, 2.75) is 19.9 Å². The topological polar surface area (TPSA) is 33.2 Å². The number of carbonyl (C=O) groups is 1. The summed E-state index contributed by atoms with van der Waals surface area (Å²) in [7, 11) is 0. The van der Waals surface area contributed by atoms with Gasteiger partial charge in [0, 0.05) is 0 Å². The number of thiazole rings is 1. The first kappa shape index (κ1) is 18.2. The molecule has 4 rings (SSSR count). The number of thiophene rings is 1. The summed E-state index contributed by atoms with van der Waals surface area (Å²) < 4.78 is 1.70. The molecule has 0 fully saturated rings. The van der Waals surface area contributed by atoms with Crippen molar-refractivity contribution < 1.29 is 4.79 Å². The van der Waals surface area contributed by atoms with Gasteiger partial charge in [-0.15, -0.1) is 11.3 Å². The van der Waals surface area contributed by atoms with Crippen LogP contribution in [0.2, 0.25) is 4.34 Å². The molecule has 0 radical (unpaired) electrons. The molecule has 0 saturated heterocycles. The van der Waals surface area contributed by atoms with E-state index in [1.807, 2.05) is 36.4 Å². The first-order valence-electron chi connectivity index (χ1n) is 8.65. The van der Waals surface area contributed by atoms with Crippen LogP contribution in [0.25, 0.3) is 10.2 Å². The number of halogens is 1. The molecule has 0 aliphatic rings. The van der Waals surface area contributed by atoms with E-state index >= 15 is 0 Å². The maximum absolute atomic E-state index is 13.2. The van der Waals surface area contributed by atoms with Crippen LogP contribution in [-0.2, 0) is 13.0 Å². The maximum Gasteiger partial charge on any atom is 0.270 e. The highest BCUT2D eigenvalue weighted by molar-refractivity contribution is 7.22. The van der Waals surface area contributed by atoms with Crippen molar-refractivity contribution in [1.82, 2.24) is 4.98 Å². The van der Waals surface area contributed by atoms with Crippen LogP contribution >= 0.6 is 34.3 Å².